The lowest BCUT2D eigenvalue weighted by Gasteiger charge is -2.24. The molecule has 3 aliphatic rings. The molecule has 0 aromatic heterocycles. The second kappa shape index (κ2) is 7.15. The number of nitrogens with one attached hydrogen (secondary N) is 3. The summed E-state index contributed by atoms with van der Waals surface area (Å²) in [6.45, 7) is 0.683. The molecule has 2 aliphatic carbocycles. The van der Waals surface area contributed by atoms with Gasteiger partial charge >= 0.3 is 0 Å². The van der Waals surface area contributed by atoms with Gasteiger partial charge in [0, 0.05) is 24.7 Å². The number of hydrogen-bond donors (Lipinski definition) is 3. The summed E-state index contributed by atoms with van der Waals surface area (Å²) >= 11 is 5.43. The number of nitrogens with zero attached hydrogens (tertiary/aromatic N) is 1. The molecule has 2 saturated carbocycles. The molecule has 1 aromatic rings. The molecular formula is C18H24N4O2S2. The van der Waals surface area contributed by atoms with Gasteiger partial charge in [-0.05, 0) is 67.9 Å². The smallest absolute Gasteiger partial charge is 0.262 e. The van der Waals surface area contributed by atoms with E-state index in [2.05, 4.69) is 20.3 Å². The molecule has 0 saturated heterocycles. The number of rotatable bonds is 4. The van der Waals surface area contributed by atoms with Crippen molar-refractivity contribution in [3.05, 3.63) is 24.3 Å². The summed E-state index contributed by atoms with van der Waals surface area (Å²) in [6.07, 6.45) is 6.70. The Bertz CT molecular complexity index is 837. The van der Waals surface area contributed by atoms with E-state index in [1.807, 2.05) is 6.07 Å². The van der Waals surface area contributed by atoms with Crippen LogP contribution in [0, 0.1) is 11.8 Å². The third kappa shape index (κ3) is 3.86. The summed E-state index contributed by atoms with van der Waals surface area (Å²) in [7, 11) is -3.62. The van der Waals surface area contributed by atoms with Crippen LogP contribution in [0.25, 0.3) is 0 Å². The van der Waals surface area contributed by atoms with Gasteiger partial charge in [0.1, 0.15) is 5.84 Å². The molecule has 0 unspecified atom stereocenters. The van der Waals surface area contributed by atoms with Crippen LogP contribution in [0.3, 0.4) is 0 Å². The van der Waals surface area contributed by atoms with Crippen LogP contribution in [0.4, 0.5) is 5.69 Å². The molecule has 8 heteroatoms. The van der Waals surface area contributed by atoms with E-state index in [9.17, 15) is 8.42 Å². The first-order valence-corrected chi connectivity index (χ1v) is 11.1. The zero-order valence-corrected chi connectivity index (χ0v) is 16.2. The number of benzene rings is 1. The number of amidine groups is 1. The average molecular weight is 393 g/mol. The van der Waals surface area contributed by atoms with Crippen LogP contribution in [-0.4, -0.2) is 32.0 Å². The molecule has 1 aromatic carbocycles. The Kier molecular flexibility index (Phi) is 4.88. The van der Waals surface area contributed by atoms with Crippen molar-refractivity contribution in [2.24, 2.45) is 16.8 Å². The first kappa shape index (κ1) is 17.7. The van der Waals surface area contributed by atoms with Crippen molar-refractivity contribution in [3.8, 4) is 0 Å². The molecule has 0 amide bonds. The van der Waals surface area contributed by atoms with Crippen molar-refractivity contribution in [1.29, 1.82) is 0 Å². The maximum Gasteiger partial charge on any atom is 0.262 e. The van der Waals surface area contributed by atoms with Gasteiger partial charge in [0.2, 0.25) is 0 Å². The van der Waals surface area contributed by atoms with E-state index in [1.54, 1.807) is 18.2 Å². The SMILES string of the molecule is O=S(=O)(NC1=NCCC1)c1cccc(NC(=S)N[C@@H]2C[C@H]3CC[C@H]2C3)c1. The maximum absolute atomic E-state index is 12.5. The summed E-state index contributed by atoms with van der Waals surface area (Å²) in [5.41, 5.74) is 0.668. The highest BCUT2D eigenvalue weighted by Crippen LogP contribution is 2.44. The van der Waals surface area contributed by atoms with Crippen LogP contribution in [0.2, 0.25) is 0 Å². The minimum absolute atomic E-state index is 0.208. The lowest BCUT2D eigenvalue weighted by Crippen LogP contribution is -2.40. The molecule has 6 nitrogen and oxygen atoms in total. The lowest BCUT2D eigenvalue weighted by atomic mass is 9.96. The number of hydrogen-bond acceptors (Lipinski definition) is 4. The number of aliphatic imine (C=N–C) groups is 1. The van der Waals surface area contributed by atoms with Gasteiger partial charge in [-0.2, -0.15) is 0 Å². The van der Waals surface area contributed by atoms with Crippen molar-refractivity contribution in [2.75, 3.05) is 11.9 Å². The maximum atomic E-state index is 12.5. The molecule has 3 atom stereocenters. The normalized spacial score (nSPS) is 27.2. The van der Waals surface area contributed by atoms with Gasteiger partial charge in [0.05, 0.1) is 4.90 Å². The van der Waals surface area contributed by atoms with Crippen LogP contribution in [-0.2, 0) is 10.0 Å². The molecule has 2 bridgehead atoms. The van der Waals surface area contributed by atoms with Crippen LogP contribution < -0.4 is 15.4 Å². The van der Waals surface area contributed by atoms with Crippen molar-refractivity contribution in [3.63, 3.8) is 0 Å². The largest absolute Gasteiger partial charge is 0.359 e. The van der Waals surface area contributed by atoms with Crippen molar-refractivity contribution in [1.82, 2.24) is 10.0 Å². The van der Waals surface area contributed by atoms with Gasteiger partial charge in [0.15, 0.2) is 5.11 Å². The summed E-state index contributed by atoms with van der Waals surface area (Å²) < 4.78 is 27.6. The highest BCUT2D eigenvalue weighted by molar-refractivity contribution is 7.90. The number of sulfonamides is 1. The van der Waals surface area contributed by atoms with E-state index in [0.717, 1.165) is 18.3 Å². The van der Waals surface area contributed by atoms with Crippen LogP contribution in [0.5, 0.6) is 0 Å². The molecule has 2 fully saturated rings. The predicted octanol–water partition coefficient (Wildman–Crippen LogP) is 2.63. The molecule has 140 valence electrons. The second-order valence-electron chi connectivity index (χ2n) is 7.45. The van der Waals surface area contributed by atoms with Gasteiger partial charge in [-0.1, -0.05) is 12.5 Å². The van der Waals surface area contributed by atoms with E-state index < -0.39 is 10.0 Å². The van der Waals surface area contributed by atoms with Gasteiger partial charge in [-0.3, -0.25) is 9.71 Å². The van der Waals surface area contributed by atoms with E-state index >= 15 is 0 Å². The zero-order chi connectivity index (χ0) is 18.1. The predicted molar refractivity (Wildman–Crippen MR) is 107 cm³/mol. The third-order valence-corrected chi connectivity index (χ3v) is 7.18. The van der Waals surface area contributed by atoms with Gasteiger partial charge in [-0.25, -0.2) is 8.42 Å². The monoisotopic (exact) mass is 392 g/mol. The molecule has 0 spiro atoms. The molecule has 1 heterocycles. The Morgan fingerprint density at radius 2 is 2.12 bits per heavy atom. The quantitative estimate of drug-likeness (QED) is 0.686. The lowest BCUT2D eigenvalue weighted by molar-refractivity contribution is 0.392. The standard InChI is InChI=1S/C18H24N4O2S2/c23-26(24,22-17-5-2-8-19-17)15-4-1-3-14(11-15)20-18(25)21-16-10-12-6-7-13(16)9-12/h1,3-4,11-13,16H,2,5-10H2,(H,19,22)(H2,20,21,25)/t12-,13-,16+/m0/s1. The van der Waals surface area contributed by atoms with Crippen LogP contribution >= 0.6 is 12.2 Å². The summed E-state index contributed by atoms with van der Waals surface area (Å²) in [6, 6.07) is 7.17. The summed E-state index contributed by atoms with van der Waals surface area (Å²) in [5.74, 6) is 2.11. The fraction of sp³-hybridized carbons (Fsp3) is 0.556. The number of thiocarbonyl (C=S) groups is 1. The minimum atomic E-state index is -3.62. The second-order valence-corrected chi connectivity index (χ2v) is 9.54. The van der Waals surface area contributed by atoms with Gasteiger partial charge in [0.25, 0.3) is 10.0 Å². The zero-order valence-electron chi connectivity index (χ0n) is 14.6. The first-order chi connectivity index (χ1) is 12.5. The van der Waals surface area contributed by atoms with E-state index in [4.69, 9.17) is 12.2 Å². The Hall–Kier alpha value is -1.67. The molecule has 1 aliphatic heterocycles. The topological polar surface area (TPSA) is 82.6 Å². The van der Waals surface area contributed by atoms with E-state index in [1.165, 1.54) is 25.7 Å². The number of anilines is 1. The number of fused-ring (bicyclic) bond motifs is 2. The fourth-order valence-electron chi connectivity index (χ4n) is 4.33. The first-order valence-electron chi connectivity index (χ1n) is 9.23. The Balaban J connectivity index is 1.39. The molecular weight excluding hydrogens is 368 g/mol. The molecule has 0 radical (unpaired) electrons. The van der Waals surface area contributed by atoms with E-state index in [-0.39, 0.29) is 4.90 Å². The minimum Gasteiger partial charge on any atom is -0.359 e. The average Bonchev–Trinajstić information content (AvgIpc) is 3.33. The highest BCUT2D eigenvalue weighted by Gasteiger charge is 2.39. The van der Waals surface area contributed by atoms with Crippen molar-refractivity contribution < 1.29 is 8.42 Å². The third-order valence-electron chi connectivity index (χ3n) is 5.58. The van der Waals surface area contributed by atoms with Crippen LogP contribution in [0.15, 0.2) is 34.2 Å². The molecule has 3 N–H and O–H groups in total. The Morgan fingerprint density at radius 3 is 2.81 bits per heavy atom. The Morgan fingerprint density at radius 1 is 1.23 bits per heavy atom. The van der Waals surface area contributed by atoms with Crippen molar-refractivity contribution in [2.45, 2.75) is 49.5 Å². The van der Waals surface area contributed by atoms with Gasteiger partial charge in [-0.15, -0.1) is 0 Å². The fourth-order valence-corrected chi connectivity index (χ4v) is 5.74. The summed E-state index contributed by atoms with van der Waals surface area (Å²) in [5, 5.41) is 7.10. The summed E-state index contributed by atoms with van der Waals surface area (Å²) in [4.78, 5) is 4.38. The molecule has 26 heavy (non-hydrogen) atoms. The van der Waals surface area contributed by atoms with Gasteiger partial charge < -0.3 is 10.6 Å². The van der Waals surface area contributed by atoms with E-state index in [0.29, 0.717) is 35.6 Å². The van der Waals surface area contributed by atoms with Crippen LogP contribution in [0.1, 0.15) is 38.5 Å². The molecule has 4 rings (SSSR count). The van der Waals surface area contributed by atoms with Crippen molar-refractivity contribution >= 4 is 38.9 Å². The Labute approximate surface area is 159 Å². The highest BCUT2D eigenvalue weighted by atomic mass is 32.2.